The highest BCUT2D eigenvalue weighted by molar-refractivity contribution is 7.89. The molecule has 0 atom stereocenters. The van der Waals surface area contributed by atoms with Crippen LogP contribution in [-0.4, -0.2) is 55.8 Å². The van der Waals surface area contributed by atoms with Crippen LogP contribution in [0.3, 0.4) is 0 Å². The van der Waals surface area contributed by atoms with E-state index in [2.05, 4.69) is 15.8 Å². The fraction of sp³-hybridized carbons (Fsp3) is 0.235. The number of carbonyl (C=O) groups is 2. The monoisotopic (exact) mass is 424 g/mol. The summed E-state index contributed by atoms with van der Waals surface area (Å²) in [5, 5.41) is 0.235. The van der Waals surface area contributed by atoms with Gasteiger partial charge in [-0.2, -0.15) is 4.31 Å². The van der Waals surface area contributed by atoms with Crippen molar-refractivity contribution in [3.63, 3.8) is 0 Å². The zero-order chi connectivity index (χ0) is 20.1. The third-order valence-corrected chi connectivity index (χ3v) is 6.10. The maximum atomic E-state index is 12.7. The fourth-order valence-corrected chi connectivity index (χ4v) is 4.07. The van der Waals surface area contributed by atoms with Gasteiger partial charge in [-0.05, 0) is 30.3 Å². The van der Waals surface area contributed by atoms with Crippen LogP contribution >= 0.6 is 11.6 Å². The van der Waals surface area contributed by atoms with Crippen molar-refractivity contribution in [3.05, 3.63) is 58.9 Å². The van der Waals surface area contributed by atoms with Gasteiger partial charge in [0.2, 0.25) is 10.0 Å². The first kappa shape index (κ1) is 20.2. The minimum Gasteiger partial charge on any atom is -0.379 e. The Morgan fingerprint density at radius 1 is 1.04 bits per heavy atom. The maximum absolute atomic E-state index is 12.7. The normalized spacial score (nSPS) is 15.0. The number of carbonyl (C=O) groups excluding carboxylic acids is 2. The molecule has 0 unspecified atom stereocenters. The number of ether oxygens (including phenoxy) is 1. The number of halogens is 1. The molecule has 2 aromatic rings. The van der Waals surface area contributed by atoms with Gasteiger partial charge in [0, 0.05) is 24.8 Å². The second-order valence-electron chi connectivity index (χ2n) is 5.82. The van der Waals surface area contributed by atoms with Crippen molar-refractivity contribution in [1.82, 2.24) is 20.1 Å². The summed E-state index contributed by atoms with van der Waals surface area (Å²) in [4.78, 5) is 28.1. The summed E-state index contributed by atoms with van der Waals surface area (Å²) >= 11 is 5.66. The molecule has 3 rings (SSSR count). The van der Waals surface area contributed by atoms with Gasteiger partial charge in [-0.1, -0.05) is 17.7 Å². The summed E-state index contributed by atoms with van der Waals surface area (Å²) in [6.45, 7) is 1.16. The van der Waals surface area contributed by atoms with Crippen LogP contribution in [0.15, 0.2) is 47.5 Å². The molecule has 2 heterocycles. The number of amides is 2. The number of hydrogen-bond acceptors (Lipinski definition) is 6. The zero-order valence-electron chi connectivity index (χ0n) is 14.6. The Hall–Kier alpha value is -2.53. The standard InChI is InChI=1S/C17H17ClN4O5S/c18-15-5-4-13(11-19-15)17(24)21-20-16(23)12-2-1-3-14(10-12)28(25,26)22-6-8-27-9-7-22/h1-5,10-11H,6-9H2,(H,20,23)(H,21,24). The molecular weight excluding hydrogens is 408 g/mol. The fourth-order valence-electron chi connectivity index (χ4n) is 2.50. The van der Waals surface area contributed by atoms with E-state index in [1.807, 2.05) is 0 Å². The molecule has 1 aliphatic heterocycles. The molecule has 2 amide bonds. The van der Waals surface area contributed by atoms with E-state index < -0.39 is 21.8 Å². The number of nitrogens with one attached hydrogen (secondary N) is 2. The van der Waals surface area contributed by atoms with Gasteiger partial charge in [0.25, 0.3) is 11.8 Å². The lowest BCUT2D eigenvalue weighted by Crippen LogP contribution is -2.42. The number of hydrogen-bond donors (Lipinski definition) is 2. The summed E-state index contributed by atoms with van der Waals surface area (Å²) in [6, 6.07) is 8.48. The van der Waals surface area contributed by atoms with Crippen LogP contribution in [0, 0.1) is 0 Å². The molecule has 148 valence electrons. The van der Waals surface area contributed by atoms with Crippen molar-refractivity contribution in [2.75, 3.05) is 26.3 Å². The van der Waals surface area contributed by atoms with E-state index in [1.165, 1.54) is 46.9 Å². The van der Waals surface area contributed by atoms with Crippen molar-refractivity contribution < 1.29 is 22.7 Å². The molecule has 0 spiro atoms. The minimum atomic E-state index is -3.73. The molecule has 2 N–H and O–H groups in total. The first-order valence-corrected chi connectivity index (χ1v) is 10.1. The SMILES string of the molecule is O=C(NNC(=O)c1cccc(S(=O)(=O)N2CCOCC2)c1)c1ccc(Cl)nc1. The summed E-state index contributed by atoms with van der Waals surface area (Å²) in [6.07, 6.45) is 1.26. The second kappa shape index (κ2) is 8.65. The molecule has 9 nitrogen and oxygen atoms in total. The van der Waals surface area contributed by atoms with Crippen LogP contribution in [0.4, 0.5) is 0 Å². The van der Waals surface area contributed by atoms with Crippen molar-refractivity contribution in [2.45, 2.75) is 4.90 Å². The first-order chi connectivity index (χ1) is 13.4. The molecule has 28 heavy (non-hydrogen) atoms. The van der Waals surface area contributed by atoms with Crippen LogP contribution < -0.4 is 10.9 Å². The van der Waals surface area contributed by atoms with Gasteiger partial charge in [-0.15, -0.1) is 0 Å². The number of aromatic nitrogens is 1. The summed E-state index contributed by atoms with van der Waals surface area (Å²) < 4.78 is 31.9. The van der Waals surface area contributed by atoms with Crippen LogP contribution in [0.5, 0.6) is 0 Å². The van der Waals surface area contributed by atoms with Crippen molar-refractivity contribution in [3.8, 4) is 0 Å². The van der Waals surface area contributed by atoms with Gasteiger partial charge in [-0.3, -0.25) is 20.4 Å². The summed E-state index contributed by atoms with van der Waals surface area (Å²) in [5.74, 6) is -1.25. The van der Waals surface area contributed by atoms with Gasteiger partial charge in [-0.25, -0.2) is 13.4 Å². The van der Waals surface area contributed by atoms with Crippen molar-refractivity contribution in [2.24, 2.45) is 0 Å². The predicted molar refractivity (Wildman–Crippen MR) is 100 cm³/mol. The first-order valence-electron chi connectivity index (χ1n) is 8.28. The molecule has 1 aliphatic rings. The Labute approximate surface area is 166 Å². The quantitative estimate of drug-likeness (QED) is 0.554. The van der Waals surface area contributed by atoms with Crippen LogP contribution in [0.2, 0.25) is 5.15 Å². The lowest BCUT2D eigenvalue weighted by Gasteiger charge is -2.26. The average molecular weight is 425 g/mol. The number of morpholine rings is 1. The Balaban J connectivity index is 1.68. The third-order valence-electron chi connectivity index (χ3n) is 3.98. The summed E-state index contributed by atoms with van der Waals surface area (Å²) in [5.41, 5.74) is 4.77. The highest BCUT2D eigenvalue weighted by Gasteiger charge is 2.26. The summed E-state index contributed by atoms with van der Waals surface area (Å²) in [7, 11) is -3.73. The average Bonchev–Trinajstić information content (AvgIpc) is 2.73. The smallest absolute Gasteiger partial charge is 0.271 e. The van der Waals surface area contributed by atoms with Crippen LogP contribution in [0.25, 0.3) is 0 Å². The molecule has 0 saturated carbocycles. The maximum Gasteiger partial charge on any atom is 0.271 e. The van der Waals surface area contributed by atoms with E-state index in [1.54, 1.807) is 0 Å². The topological polar surface area (TPSA) is 118 Å². The Bertz CT molecular complexity index is 975. The lowest BCUT2D eigenvalue weighted by atomic mass is 10.2. The van der Waals surface area contributed by atoms with E-state index >= 15 is 0 Å². The van der Waals surface area contributed by atoms with Crippen LogP contribution in [-0.2, 0) is 14.8 Å². The van der Waals surface area contributed by atoms with Crippen LogP contribution in [0.1, 0.15) is 20.7 Å². The number of rotatable bonds is 4. The molecule has 1 fully saturated rings. The number of benzene rings is 1. The van der Waals surface area contributed by atoms with Crippen molar-refractivity contribution in [1.29, 1.82) is 0 Å². The van der Waals surface area contributed by atoms with E-state index in [9.17, 15) is 18.0 Å². The highest BCUT2D eigenvalue weighted by Crippen LogP contribution is 2.18. The zero-order valence-corrected chi connectivity index (χ0v) is 16.2. The number of nitrogens with zero attached hydrogens (tertiary/aromatic N) is 2. The molecule has 0 radical (unpaired) electrons. The number of pyridine rings is 1. The van der Waals surface area contributed by atoms with Gasteiger partial charge in [0.05, 0.1) is 23.7 Å². The van der Waals surface area contributed by atoms with E-state index in [-0.39, 0.29) is 34.3 Å². The number of hydrazine groups is 1. The van der Waals surface area contributed by atoms with Gasteiger partial charge < -0.3 is 4.74 Å². The van der Waals surface area contributed by atoms with Gasteiger partial charge >= 0.3 is 0 Å². The van der Waals surface area contributed by atoms with Gasteiger partial charge in [0.1, 0.15) is 5.15 Å². The predicted octanol–water partition coefficient (Wildman–Crippen LogP) is 0.831. The Morgan fingerprint density at radius 3 is 2.36 bits per heavy atom. The second-order valence-corrected chi connectivity index (χ2v) is 8.15. The van der Waals surface area contributed by atoms with Gasteiger partial charge in [0.15, 0.2) is 0 Å². The molecular formula is C17H17ClN4O5S. The molecule has 1 saturated heterocycles. The highest BCUT2D eigenvalue weighted by atomic mass is 35.5. The van der Waals surface area contributed by atoms with E-state index in [4.69, 9.17) is 16.3 Å². The largest absolute Gasteiger partial charge is 0.379 e. The van der Waals surface area contributed by atoms with Crippen molar-refractivity contribution >= 4 is 33.4 Å². The van der Waals surface area contributed by atoms with E-state index in [0.717, 1.165) is 0 Å². The Kier molecular flexibility index (Phi) is 6.25. The molecule has 11 heteroatoms. The third kappa shape index (κ3) is 4.65. The molecule has 1 aromatic carbocycles. The lowest BCUT2D eigenvalue weighted by molar-refractivity contribution is 0.0730. The molecule has 1 aromatic heterocycles. The molecule has 0 bridgehead atoms. The minimum absolute atomic E-state index is 0.00437. The number of sulfonamides is 1. The molecule has 0 aliphatic carbocycles. The van der Waals surface area contributed by atoms with E-state index in [0.29, 0.717) is 13.2 Å². The Morgan fingerprint density at radius 2 is 1.71 bits per heavy atom.